The van der Waals surface area contributed by atoms with Crippen molar-refractivity contribution in [2.75, 3.05) is 33.8 Å². The predicted octanol–water partition coefficient (Wildman–Crippen LogP) is 3.88. The second-order valence-corrected chi connectivity index (χ2v) is 6.60. The minimum absolute atomic E-state index is 0.0691. The lowest BCUT2D eigenvalue weighted by Gasteiger charge is -2.14. The van der Waals surface area contributed by atoms with Crippen molar-refractivity contribution in [2.45, 2.75) is 0 Å². The van der Waals surface area contributed by atoms with Crippen LogP contribution in [0.3, 0.4) is 0 Å². The Morgan fingerprint density at radius 2 is 1.45 bits per heavy atom. The van der Waals surface area contributed by atoms with Gasteiger partial charge in [-0.2, -0.15) is 0 Å². The van der Waals surface area contributed by atoms with Crippen molar-refractivity contribution < 1.29 is 24.1 Å². The van der Waals surface area contributed by atoms with Gasteiger partial charge in [-0.05, 0) is 35.4 Å². The topological polar surface area (TPSA) is 99.4 Å². The van der Waals surface area contributed by atoms with E-state index in [0.717, 1.165) is 11.1 Å². The smallest absolute Gasteiger partial charge is 0.233 e. The van der Waals surface area contributed by atoms with Gasteiger partial charge in [0, 0.05) is 24.0 Å². The summed E-state index contributed by atoms with van der Waals surface area (Å²) in [6.07, 6.45) is 1.89. The Hall–Kier alpha value is -4.14. The highest BCUT2D eigenvalue weighted by Crippen LogP contribution is 2.40. The second kappa shape index (κ2) is 8.31. The summed E-state index contributed by atoms with van der Waals surface area (Å²) in [5.41, 5.74) is 3.05. The summed E-state index contributed by atoms with van der Waals surface area (Å²) < 4.78 is 23.1. The summed E-state index contributed by atoms with van der Waals surface area (Å²) in [4.78, 5) is 0. The number of hydrogen-bond donors (Lipinski definition) is 2. The first-order chi connectivity index (χ1) is 15.1. The zero-order valence-corrected chi connectivity index (χ0v) is 17.5. The van der Waals surface area contributed by atoms with Gasteiger partial charge in [-0.1, -0.05) is 6.07 Å². The van der Waals surface area contributed by atoms with E-state index >= 15 is 0 Å². The number of anilines is 2. The molecule has 2 N–H and O–H groups in total. The number of aromatic nitrogens is 3. The Balaban J connectivity index is 1.73. The molecule has 0 unspecified atom stereocenters. The molecule has 2 aromatic carbocycles. The average molecular weight is 422 g/mol. The van der Waals surface area contributed by atoms with Crippen LogP contribution in [0.1, 0.15) is 0 Å². The minimum Gasteiger partial charge on any atom is -0.504 e. The SMILES string of the molecule is COc1ccc(-c2ccc3nnc(Nc4cc(OC)c(OC)c(OC)c4)n3c2)cc1O. The van der Waals surface area contributed by atoms with Gasteiger partial charge in [0.15, 0.2) is 28.6 Å². The number of phenols is 1. The number of hydrogen-bond acceptors (Lipinski definition) is 8. The number of phenolic OH excluding ortho intramolecular Hbond substituents is 1. The molecule has 9 heteroatoms. The number of nitrogens with zero attached hydrogens (tertiary/aromatic N) is 3. The minimum atomic E-state index is 0.0691. The Morgan fingerprint density at radius 3 is 2.06 bits per heavy atom. The summed E-state index contributed by atoms with van der Waals surface area (Å²) in [5, 5.41) is 21.8. The summed E-state index contributed by atoms with van der Waals surface area (Å²) >= 11 is 0. The summed E-state index contributed by atoms with van der Waals surface area (Å²) in [6, 6.07) is 12.6. The molecule has 0 aliphatic heterocycles. The van der Waals surface area contributed by atoms with Crippen LogP contribution in [0.2, 0.25) is 0 Å². The van der Waals surface area contributed by atoms with E-state index in [9.17, 15) is 5.11 Å². The highest BCUT2D eigenvalue weighted by atomic mass is 16.5. The molecule has 0 fully saturated rings. The first-order valence-corrected chi connectivity index (χ1v) is 9.37. The van der Waals surface area contributed by atoms with Crippen LogP contribution in [0, 0.1) is 0 Å². The van der Waals surface area contributed by atoms with Crippen molar-refractivity contribution in [1.29, 1.82) is 0 Å². The molecule has 4 rings (SSSR count). The average Bonchev–Trinajstić information content (AvgIpc) is 3.20. The van der Waals surface area contributed by atoms with Gasteiger partial charge >= 0.3 is 0 Å². The van der Waals surface area contributed by atoms with Crippen molar-refractivity contribution >= 4 is 17.3 Å². The number of methoxy groups -OCH3 is 4. The van der Waals surface area contributed by atoms with Gasteiger partial charge in [0.1, 0.15) is 0 Å². The Labute approximate surface area is 178 Å². The Bertz CT molecular complexity index is 1210. The maximum atomic E-state index is 10.1. The molecule has 0 atom stereocenters. The highest BCUT2D eigenvalue weighted by molar-refractivity contribution is 5.70. The molecule has 0 bridgehead atoms. The normalized spacial score (nSPS) is 10.7. The van der Waals surface area contributed by atoms with E-state index in [1.165, 1.54) is 7.11 Å². The molecule has 0 aliphatic carbocycles. The van der Waals surface area contributed by atoms with Crippen molar-refractivity contribution in [3.05, 3.63) is 48.7 Å². The lowest BCUT2D eigenvalue weighted by Crippen LogP contribution is -2.00. The number of aromatic hydroxyl groups is 1. The zero-order chi connectivity index (χ0) is 22.0. The van der Waals surface area contributed by atoms with Crippen LogP contribution in [-0.2, 0) is 0 Å². The lowest BCUT2D eigenvalue weighted by atomic mass is 10.1. The second-order valence-electron chi connectivity index (χ2n) is 6.60. The monoisotopic (exact) mass is 422 g/mol. The predicted molar refractivity (Wildman–Crippen MR) is 116 cm³/mol. The number of benzene rings is 2. The molecular weight excluding hydrogens is 400 g/mol. The largest absolute Gasteiger partial charge is 0.504 e. The highest BCUT2D eigenvalue weighted by Gasteiger charge is 2.15. The fraction of sp³-hybridized carbons (Fsp3) is 0.182. The molecule has 0 aliphatic rings. The van der Waals surface area contributed by atoms with E-state index < -0.39 is 0 Å². The van der Waals surface area contributed by atoms with Crippen molar-refractivity contribution in [1.82, 2.24) is 14.6 Å². The number of ether oxygens (including phenoxy) is 4. The maximum absolute atomic E-state index is 10.1. The van der Waals surface area contributed by atoms with Crippen LogP contribution < -0.4 is 24.3 Å². The fourth-order valence-electron chi connectivity index (χ4n) is 3.30. The van der Waals surface area contributed by atoms with E-state index in [1.54, 1.807) is 45.6 Å². The third-order valence-corrected chi connectivity index (χ3v) is 4.84. The molecule has 0 amide bonds. The van der Waals surface area contributed by atoms with Crippen LogP contribution in [0.25, 0.3) is 16.8 Å². The van der Waals surface area contributed by atoms with Crippen LogP contribution in [-0.4, -0.2) is 48.1 Å². The molecule has 4 aromatic rings. The van der Waals surface area contributed by atoms with Crippen molar-refractivity contribution in [2.24, 2.45) is 0 Å². The molecule has 2 aromatic heterocycles. The van der Waals surface area contributed by atoms with Crippen molar-refractivity contribution in [3.8, 4) is 39.9 Å². The number of rotatable bonds is 7. The Morgan fingerprint density at radius 1 is 0.774 bits per heavy atom. The number of pyridine rings is 1. The standard InChI is InChI=1S/C22H22N4O5/c1-28-17-7-5-13(9-16(17)27)14-6-8-20-24-25-22(26(20)12-14)23-15-10-18(29-2)21(31-4)19(11-15)30-3/h5-12,27H,1-4H3,(H,23,25). The lowest BCUT2D eigenvalue weighted by molar-refractivity contribution is 0.324. The third-order valence-electron chi connectivity index (χ3n) is 4.84. The van der Waals surface area contributed by atoms with Crippen LogP contribution in [0.5, 0.6) is 28.7 Å². The molecular formula is C22H22N4O5. The summed E-state index contributed by atoms with van der Waals surface area (Å²) in [6.45, 7) is 0. The van der Waals surface area contributed by atoms with Crippen LogP contribution in [0.4, 0.5) is 11.6 Å². The van der Waals surface area contributed by atoms with Gasteiger partial charge in [-0.3, -0.25) is 4.40 Å². The number of fused-ring (bicyclic) bond motifs is 1. The summed E-state index contributed by atoms with van der Waals surface area (Å²) in [5.74, 6) is 2.53. The molecule has 2 heterocycles. The molecule has 9 nitrogen and oxygen atoms in total. The quantitative estimate of drug-likeness (QED) is 0.463. The van der Waals surface area contributed by atoms with Gasteiger partial charge in [0.2, 0.25) is 11.7 Å². The van der Waals surface area contributed by atoms with E-state index in [0.29, 0.717) is 40.3 Å². The fourth-order valence-corrected chi connectivity index (χ4v) is 3.30. The van der Waals surface area contributed by atoms with Gasteiger partial charge in [-0.25, -0.2) is 0 Å². The van der Waals surface area contributed by atoms with Gasteiger partial charge in [0.05, 0.1) is 28.4 Å². The van der Waals surface area contributed by atoms with Gasteiger partial charge in [0.25, 0.3) is 0 Å². The van der Waals surface area contributed by atoms with Crippen molar-refractivity contribution in [3.63, 3.8) is 0 Å². The molecule has 160 valence electrons. The first kappa shape index (κ1) is 20.1. The first-order valence-electron chi connectivity index (χ1n) is 9.37. The summed E-state index contributed by atoms with van der Waals surface area (Å²) in [7, 11) is 6.19. The molecule has 0 radical (unpaired) electrons. The third kappa shape index (κ3) is 3.73. The van der Waals surface area contributed by atoms with Gasteiger partial charge < -0.3 is 29.4 Å². The maximum Gasteiger partial charge on any atom is 0.233 e. The molecule has 0 spiro atoms. The van der Waals surface area contributed by atoms with Gasteiger partial charge in [-0.15, -0.1) is 10.2 Å². The van der Waals surface area contributed by atoms with Crippen LogP contribution >= 0.6 is 0 Å². The van der Waals surface area contributed by atoms with E-state index in [2.05, 4.69) is 15.5 Å². The Kier molecular flexibility index (Phi) is 5.40. The molecule has 31 heavy (non-hydrogen) atoms. The van der Waals surface area contributed by atoms with E-state index in [1.807, 2.05) is 28.8 Å². The molecule has 0 saturated heterocycles. The van der Waals surface area contributed by atoms with E-state index in [-0.39, 0.29) is 5.75 Å². The van der Waals surface area contributed by atoms with Crippen LogP contribution in [0.15, 0.2) is 48.7 Å². The molecule has 0 saturated carbocycles. The number of nitrogens with one attached hydrogen (secondary N) is 1. The zero-order valence-electron chi connectivity index (χ0n) is 17.5. The van der Waals surface area contributed by atoms with E-state index in [4.69, 9.17) is 18.9 Å².